The predicted molar refractivity (Wildman–Crippen MR) is 79.1 cm³/mol. The van der Waals surface area contributed by atoms with Crippen LogP contribution in [-0.2, 0) is 0 Å². The van der Waals surface area contributed by atoms with Crippen molar-refractivity contribution in [2.45, 2.75) is 25.4 Å². The van der Waals surface area contributed by atoms with Crippen molar-refractivity contribution < 1.29 is 0 Å². The quantitative estimate of drug-likeness (QED) is 0.856. The van der Waals surface area contributed by atoms with Gasteiger partial charge in [0, 0.05) is 35.8 Å². The highest BCUT2D eigenvalue weighted by Crippen LogP contribution is 2.21. The van der Waals surface area contributed by atoms with Gasteiger partial charge in [0.2, 0.25) is 0 Å². The first kappa shape index (κ1) is 13.4. The highest BCUT2D eigenvalue weighted by molar-refractivity contribution is 7.99. The zero-order chi connectivity index (χ0) is 12.1. The van der Waals surface area contributed by atoms with Gasteiger partial charge in [-0.1, -0.05) is 6.07 Å². The van der Waals surface area contributed by atoms with Crippen LogP contribution < -0.4 is 5.32 Å². The number of hydrogen-bond acceptors (Lipinski definition) is 4. The summed E-state index contributed by atoms with van der Waals surface area (Å²) >= 11 is 3.92. The van der Waals surface area contributed by atoms with Crippen molar-refractivity contribution in [2.75, 3.05) is 31.6 Å². The van der Waals surface area contributed by atoms with E-state index in [-0.39, 0.29) is 0 Å². The fourth-order valence-electron chi connectivity index (χ4n) is 2.15. The fraction of sp³-hybridized carbons (Fsp3) is 0.692. The summed E-state index contributed by atoms with van der Waals surface area (Å²) in [7, 11) is 2.26. The second-order valence-corrected chi connectivity index (χ2v) is 6.82. The number of nitrogens with zero attached hydrogens (tertiary/aromatic N) is 1. The fourth-order valence-corrected chi connectivity index (χ4v) is 4.21. The van der Waals surface area contributed by atoms with Gasteiger partial charge in [0.15, 0.2) is 0 Å². The summed E-state index contributed by atoms with van der Waals surface area (Å²) in [6.07, 6.45) is 1.36. The Labute approximate surface area is 113 Å². The Morgan fingerprint density at radius 3 is 3.12 bits per heavy atom. The molecule has 0 aliphatic carbocycles. The first-order chi connectivity index (χ1) is 8.27. The minimum Gasteiger partial charge on any atom is -0.308 e. The minimum atomic E-state index is 0.487. The van der Waals surface area contributed by atoms with Crippen molar-refractivity contribution in [3.05, 3.63) is 22.4 Å². The molecule has 0 amide bonds. The Morgan fingerprint density at radius 2 is 2.47 bits per heavy atom. The van der Waals surface area contributed by atoms with Gasteiger partial charge < -0.3 is 10.2 Å². The third kappa shape index (κ3) is 3.98. The molecule has 2 rings (SSSR count). The van der Waals surface area contributed by atoms with Crippen molar-refractivity contribution in [2.24, 2.45) is 0 Å². The van der Waals surface area contributed by atoms with Crippen molar-refractivity contribution in [1.29, 1.82) is 0 Å². The molecule has 2 heterocycles. The Balaban J connectivity index is 1.65. The number of nitrogens with one attached hydrogen (secondary N) is 1. The molecule has 0 saturated carbocycles. The molecular weight excluding hydrogens is 248 g/mol. The maximum Gasteiger partial charge on any atom is 0.0386 e. The van der Waals surface area contributed by atoms with Crippen molar-refractivity contribution in [3.8, 4) is 0 Å². The van der Waals surface area contributed by atoms with Gasteiger partial charge in [-0.25, -0.2) is 0 Å². The van der Waals surface area contributed by atoms with Gasteiger partial charge >= 0.3 is 0 Å². The molecule has 2 unspecified atom stereocenters. The summed E-state index contributed by atoms with van der Waals surface area (Å²) in [6.45, 7) is 4.48. The van der Waals surface area contributed by atoms with E-state index in [4.69, 9.17) is 0 Å². The number of thiophene rings is 1. The number of thioether (sulfide) groups is 1. The van der Waals surface area contributed by atoms with E-state index < -0.39 is 0 Å². The highest BCUT2D eigenvalue weighted by Gasteiger charge is 2.19. The van der Waals surface area contributed by atoms with E-state index in [1.54, 1.807) is 0 Å². The van der Waals surface area contributed by atoms with Crippen LogP contribution in [0, 0.1) is 0 Å². The molecule has 2 nitrogen and oxygen atoms in total. The zero-order valence-corrected chi connectivity index (χ0v) is 12.3. The Bertz CT molecular complexity index is 307. The average molecular weight is 270 g/mol. The summed E-state index contributed by atoms with van der Waals surface area (Å²) in [5.41, 5.74) is 0. The molecule has 1 aromatic rings. The van der Waals surface area contributed by atoms with Crippen LogP contribution in [0.15, 0.2) is 17.5 Å². The van der Waals surface area contributed by atoms with Crippen LogP contribution in [0.4, 0.5) is 0 Å². The van der Waals surface area contributed by atoms with E-state index in [9.17, 15) is 0 Å². The van der Waals surface area contributed by atoms with E-state index in [1.165, 1.54) is 22.8 Å². The van der Waals surface area contributed by atoms with Gasteiger partial charge in [-0.15, -0.1) is 11.3 Å². The predicted octanol–water partition coefficient (Wildman–Crippen LogP) is 2.84. The first-order valence-corrected chi connectivity index (χ1v) is 8.35. The molecule has 0 bridgehead atoms. The third-order valence-electron chi connectivity index (χ3n) is 3.41. The molecule has 2 atom stereocenters. The Kier molecular flexibility index (Phi) is 5.35. The Hall–Kier alpha value is -0.0300. The van der Waals surface area contributed by atoms with Gasteiger partial charge in [-0.2, -0.15) is 11.8 Å². The van der Waals surface area contributed by atoms with Crippen LogP contribution in [0.3, 0.4) is 0 Å². The molecule has 4 heteroatoms. The lowest BCUT2D eigenvalue weighted by molar-refractivity contribution is 0.259. The zero-order valence-electron chi connectivity index (χ0n) is 10.7. The third-order valence-corrected chi connectivity index (χ3v) is 5.61. The van der Waals surface area contributed by atoms with Crippen LogP contribution in [-0.4, -0.2) is 42.6 Å². The smallest absolute Gasteiger partial charge is 0.0386 e. The van der Waals surface area contributed by atoms with Crippen LogP contribution >= 0.6 is 23.1 Å². The second-order valence-electron chi connectivity index (χ2n) is 4.69. The molecule has 0 spiro atoms. The maximum atomic E-state index is 3.60. The summed E-state index contributed by atoms with van der Waals surface area (Å²) in [4.78, 5) is 3.94. The SMILES string of the molecule is CC(NCCN(C)C1CCSC1)c1cccs1. The topological polar surface area (TPSA) is 15.3 Å². The molecule has 1 aromatic heterocycles. The lowest BCUT2D eigenvalue weighted by Gasteiger charge is -2.24. The van der Waals surface area contributed by atoms with Crippen molar-refractivity contribution in [1.82, 2.24) is 10.2 Å². The summed E-state index contributed by atoms with van der Waals surface area (Å²) in [5, 5.41) is 5.75. The maximum absolute atomic E-state index is 3.60. The van der Waals surface area contributed by atoms with Crippen molar-refractivity contribution in [3.63, 3.8) is 0 Å². The molecule has 96 valence electrons. The lowest BCUT2D eigenvalue weighted by atomic mass is 10.2. The standard InChI is InChI=1S/C13H22N2S2/c1-11(13-4-3-8-17-13)14-6-7-15(2)12-5-9-16-10-12/h3-4,8,11-12,14H,5-7,9-10H2,1-2H3. The van der Waals surface area contributed by atoms with Gasteiger partial charge in [0.05, 0.1) is 0 Å². The summed E-state index contributed by atoms with van der Waals surface area (Å²) < 4.78 is 0. The number of hydrogen-bond donors (Lipinski definition) is 1. The van der Waals surface area contributed by atoms with Gasteiger partial charge in [-0.3, -0.25) is 0 Å². The molecular formula is C13H22N2S2. The summed E-state index contributed by atoms with van der Waals surface area (Å²) in [5.74, 6) is 2.66. The van der Waals surface area contributed by atoms with Crippen LogP contribution in [0.5, 0.6) is 0 Å². The van der Waals surface area contributed by atoms with E-state index in [0.717, 1.165) is 19.1 Å². The van der Waals surface area contributed by atoms with E-state index in [1.807, 2.05) is 11.3 Å². The molecule has 1 saturated heterocycles. The molecule has 1 aliphatic heterocycles. The lowest BCUT2D eigenvalue weighted by Crippen LogP contribution is -2.37. The van der Waals surface area contributed by atoms with E-state index in [2.05, 4.69) is 53.5 Å². The number of likely N-dealkylation sites (N-methyl/N-ethyl adjacent to an activating group) is 1. The van der Waals surface area contributed by atoms with Crippen LogP contribution in [0.2, 0.25) is 0 Å². The second kappa shape index (κ2) is 6.78. The van der Waals surface area contributed by atoms with E-state index >= 15 is 0 Å². The average Bonchev–Trinajstić information content (AvgIpc) is 3.02. The molecule has 1 N–H and O–H groups in total. The minimum absolute atomic E-state index is 0.487. The Morgan fingerprint density at radius 1 is 1.59 bits per heavy atom. The van der Waals surface area contributed by atoms with Gasteiger partial charge in [0.1, 0.15) is 0 Å². The summed E-state index contributed by atoms with van der Waals surface area (Å²) in [6, 6.07) is 5.62. The largest absolute Gasteiger partial charge is 0.308 e. The molecule has 0 aromatic carbocycles. The van der Waals surface area contributed by atoms with Crippen molar-refractivity contribution >= 4 is 23.1 Å². The van der Waals surface area contributed by atoms with Crippen LogP contribution in [0.25, 0.3) is 0 Å². The van der Waals surface area contributed by atoms with Gasteiger partial charge in [-0.05, 0) is 37.6 Å². The first-order valence-electron chi connectivity index (χ1n) is 6.32. The normalized spacial score (nSPS) is 22.2. The molecule has 1 fully saturated rings. The molecule has 1 aliphatic rings. The molecule has 0 radical (unpaired) electrons. The highest BCUT2D eigenvalue weighted by atomic mass is 32.2. The van der Waals surface area contributed by atoms with E-state index in [0.29, 0.717) is 6.04 Å². The number of rotatable bonds is 6. The monoisotopic (exact) mass is 270 g/mol. The molecule has 17 heavy (non-hydrogen) atoms. The van der Waals surface area contributed by atoms with Crippen LogP contribution in [0.1, 0.15) is 24.3 Å². The van der Waals surface area contributed by atoms with Gasteiger partial charge in [0.25, 0.3) is 0 Å².